The number of primary amides is 1. The first-order valence-electron chi connectivity index (χ1n) is 5.44. The lowest BCUT2D eigenvalue weighted by Crippen LogP contribution is -2.39. The average molecular weight is 237 g/mol. The van der Waals surface area contributed by atoms with Crippen molar-refractivity contribution < 1.29 is 9.53 Å². The Hall–Kier alpha value is -2.05. The molecule has 1 aromatic rings. The van der Waals surface area contributed by atoms with Gasteiger partial charge in [0.15, 0.2) is 0 Å². The van der Waals surface area contributed by atoms with Crippen molar-refractivity contribution in [1.29, 1.82) is 0 Å². The fourth-order valence-corrected chi connectivity index (χ4v) is 1.91. The van der Waals surface area contributed by atoms with Crippen LogP contribution in [0.3, 0.4) is 0 Å². The lowest BCUT2D eigenvalue weighted by Gasteiger charge is -2.31. The monoisotopic (exact) mass is 237 g/mol. The Balaban J connectivity index is 1.93. The van der Waals surface area contributed by atoms with E-state index < -0.39 is 6.09 Å². The number of hydrogen-bond donors (Lipinski definition) is 2. The zero-order valence-corrected chi connectivity index (χ0v) is 9.37. The molecule has 1 aliphatic rings. The van der Waals surface area contributed by atoms with Crippen LogP contribution in [0.25, 0.3) is 0 Å². The molecule has 0 atom stereocenters. The van der Waals surface area contributed by atoms with Gasteiger partial charge in [-0.25, -0.2) is 9.78 Å². The van der Waals surface area contributed by atoms with E-state index in [9.17, 15) is 4.79 Å². The van der Waals surface area contributed by atoms with Gasteiger partial charge in [-0.1, -0.05) is 0 Å². The van der Waals surface area contributed by atoms with E-state index in [1.165, 1.54) is 0 Å². The topological polar surface area (TPSA) is 107 Å². The molecule has 2 heterocycles. The third kappa shape index (κ3) is 2.96. The summed E-state index contributed by atoms with van der Waals surface area (Å²) in [4.78, 5) is 20.7. The summed E-state index contributed by atoms with van der Waals surface area (Å²) in [6.45, 7) is 1.52. The molecule has 0 radical (unpaired) electrons. The summed E-state index contributed by atoms with van der Waals surface area (Å²) in [5, 5.41) is 0. The summed E-state index contributed by atoms with van der Waals surface area (Å²) in [7, 11) is 0. The summed E-state index contributed by atoms with van der Waals surface area (Å²) in [5.41, 5.74) is 10.5. The van der Waals surface area contributed by atoms with Crippen molar-refractivity contribution in [3.8, 4) is 0 Å². The van der Waals surface area contributed by atoms with Gasteiger partial charge in [-0.05, 0) is 6.07 Å². The van der Waals surface area contributed by atoms with Gasteiger partial charge < -0.3 is 21.1 Å². The number of piperidine rings is 1. The highest BCUT2D eigenvalue weighted by Gasteiger charge is 2.22. The van der Waals surface area contributed by atoms with Gasteiger partial charge in [0.2, 0.25) is 5.95 Å². The molecule has 7 heteroatoms. The number of anilines is 2. The molecular weight excluding hydrogens is 222 g/mol. The van der Waals surface area contributed by atoms with Gasteiger partial charge in [0, 0.05) is 32.1 Å². The Morgan fingerprint density at radius 3 is 2.76 bits per heavy atom. The Bertz CT molecular complexity index is 403. The van der Waals surface area contributed by atoms with Crippen LogP contribution in [0.4, 0.5) is 16.6 Å². The molecule has 0 aliphatic carbocycles. The number of hydrogen-bond acceptors (Lipinski definition) is 6. The molecular formula is C10H15N5O2. The normalized spacial score (nSPS) is 16.8. The molecule has 4 N–H and O–H groups in total. The largest absolute Gasteiger partial charge is 0.446 e. The Labute approximate surface area is 98.8 Å². The number of ether oxygens (including phenoxy) is 1. The lowest BCUT2D eigenvalue weighted by molar-refractivity contribution is 0.0912. The molecule has 0 saturated carbocycles. The second kappa shape index (κ2) is 4.86. The lowest BCUT2D eigenvalue weighted by atomic mass is 10.1. The molecule has 1 aromatic heterocycles. The van der Waals surface area contributed by atoms with Crippen molar-refractivity contribution in [3.05, 3.63) is 12.3 Å². The predicted molar refractivity (Wildman–Crippen MR) is 62.3 cm³/mol. The van der Waals surface area contributed by atoms with Crippen LogP contribution < -0.4 is 16.4 Å². The van der Waals surface area contributed by atoms with Gasteiger partial charge in [0.1, 0.15) is 11.9 Å². The summed E-state index contributed by atoms with van der Waals surface area (Å²) in [6.07, 6.45) is 2.31. The third-order valence-electron chi connectivity index (χ3n) is 2.71. The van der Waals surface area contributed by atoms with E-state index in [4.69, 9.17) is 16.2 Å². The van der Waals surface area contributed by atoms with Gasteiger partial charge >= 0.3 is 6.09 Å². The quantitative estimate of drug-likeness (QED) is 0.756. The molecule has 1 saturated heterocycles. The van der Waals surface area contributed by atoms with Crippen molar-refractivity contribution in [2.75, 3.05) is 23.7 Å². The number of nitrogens with zero attached hydrogens (tertiary/aromatic N) is 3. The first-order valence-corrected chi connectivity index (χ1v) is 5.44. The Morgan fingerprint density at radius 1 is 1.47 bits per heavy atom. The molecule has 0 unspecified atom stereocenters. The fourth-order valence-electron chi connectivity index (χ4n) is 1.91. The molecule has 0 spiro atoms. The highest BCUT2D eigenvalue weighted by Crippen LogP contribution is 2.19. The van der Waals surface area contributed by atoms with Crippen molar-refractivity contribution in [1.82, 2.24) is 9.97 Å². The smallest absolute Gasteiger partial charge is 0.404 e. The number of nitrogen functional groups attached to an aromatic ring is 1. The van der Waals surface area contributed by atoms with E-state index in [2.05, 4.69) is 14.9 Å². The molecule has 0 bridgehead atoms. The van der Waals surface area contributed by atoms with Gasteiger partial charge in [0.05, 0.1) is 0 Å². The zero-order valence-electron chi connectivity index (χ0n) is 9.37. The van der Waals surface area contributed by atoms with Crippen LogP contribution in [-0.2, 0) is 4.74 Å². The first kappa shape index (κ1) is 11.4. The van der Waals surface area contributed by atoms with Gasteiger partial charge in [-0.15, -0.1) is 0 Å². The zero-order chi connectivity index (χ0) is 12.3. The highest BCUT2D eigenvalue weighted by atomic mass is 16.6. The molecule has 1 amide bonds. The molecule has 1 aliphatic heterocycles. The Kier molecular flexibility index (Phi) is 3.27. The minimum atomic E-state index is -0.713. The van der Waals surface area contributed by atoms with E-state index in [-0.39, 0.29) is 12.1 Å². The number of carbonyl (C=O) groups excluding carboxylic acids is 1. The fraction of sp³-hybridized carbons (Fsp3) is 0.500. The third-order valence-corrected chi connectivity index (χ3v) is 2.71. The van der Waals surface area contributed by atoms with Crippen LogP contribution in [0, 0.1) is 0 Å². The second-order valence-electron chi connectivity index (χ2n) is 3.90. The van der Waals surface area contributed by atoms with Crippen LogP contribution in [0.2, 0.25) is 0 Å². The highest BCUT2D eigenvalue weighted by molar-refractivity contribution is 5.64. The van der Waals surface area contributed by atoms with Crippen molar-refractivity contribution in [2.45, 2.75) is 18.9 Å². The molecule has 0 aromatic carbocycles. The van der Waals surface area contributed by atoms with E-state index in [1.54, 1.807) is 6.20 Å². The predicted octanol–water partition coefficient (Wildman–Crippen LogP) is 0.123. The first-order chi connectivity index (χ1) is 8.15. The molecule has 7 nitrogen and oxygen atoms in total. The van der Waals surface area contributed by atoms with Gasteiger partial charge in [0.25, 0.3) is 0 Å². The maximum Gasteiger partial charge on any atom is 0.404 e. The summed E-state index contributed by atoms with van der Waals surface area (Å²) >= 11 is 0. The Morgan fingerprint density at radius 2 is 2.18 bits per heavy atom. The van der Waals surface area contributed by atoms with Crippen LogP contribution in [0.1, 0.15) is 12.8 Å². The minimum Gasteiger partial charge on any atom is -0.446 e. The van der Waals surface area contributed by atoms with E-state index >= 15 is 0 Å². The van der Waals surface area contributed by atoms with Crippen LogP contribution in [0.15, 0.2) is 12.3 Å². The van der Waals surface area contributed by atoms with E-state index in [1.807, 2.05) is 6.07 Å². The van der Waals surface area contributed by atoms with Crippen molar-refractivity contribution in [2.24, 2.45) is 5.73 Å². The van der Waals surface area contributed by atoms with Crippen LogP contribution in [-0.4, -0.2) is 35.3 Å². The summed E-state index contributed by atoms with van der Waals surface area (Å²) < 4.78 is 4.95. The molecule has 17 heavy (non-hydrogen) atoms. The maximum atomic E-state index is 10.6. The van der Waals surface area contributed by atoms with Crippen molar-refractivity contribution >= 4 is 17.9 Å². The van der Waals surface area contributed by atoms with E-state index in [0.29, 0.717) is 0 Å². The van der Waals surface area contributed by atoms with Crippen LogP contribution in [0.5, 0.6) is 0 Å². The summed E-state index contributed by atoms with van der Waals surface area (Å²) in [5.74, 6) is 1.06. The van der Waals surface area contributed by atoms with E-state index in [0.717, 1.165) is 31.7 Å². The standard InChI is InChI=1S/C10H15N5O2/c11-9-13-4-1-8(14-9)15-5-2-7(3-6-15)17-10(12)16/h1,4,7H,2-3,5-6H2,(H2,12,16)(H2,11,13,14). The van der Waals surface area contributed by atoms with Crippen molar-refractivity contribution in [3.63, 3.8) is 0 Å². The minimum absolute atomic E-state index is 0.0945. The molecule has 1 fully saturated rings. The average Bonchev–Trinajstić information content (AvgIpc) is 2.29. The van der Waals surface area contributed by atoms with Gasteiger partial charge in [-0.3, -0.25) is 0 Å². The number of rotatable bonds is 2. The number of carbonyl (C=O) groups is 1. The number of aromatic nitrogens is 2. The molecule has 2 rings (SSSR count). The SMILES string of the molecule is NC(=O)OC1CCN(c2ccnc(N)n2)CC1. The molecule has 92 valence electrons. The van der Waals surface area contributed by atoms with Crippen LogP contribution >= 0.6 is 0 Å². The summed E-state index contributed by atoms with van der Waals surface area (Å²) in [6, 6.07) is 1.81. The maximum absolute atomic E-state index is 10.6. The second-order valence-corrected chi connectivity index (χ2v) is 3.90. The number of amides is 1. The number of nitrogens with two attached hydrogens (primary N) is 2. The van der Waals surface area contributed by atoms with Gasteiger partial charge in [-0.2, -0.15) is 4.98 Å².